The lowest BCUT2D eigenvalue weighted by Crippen LogP contribution is -2.04. The highest BCUT2D eigenvalue weighted by Gasteiger charge is 2.16. The fourth-order valence-corrected chi connectivity index (χ4v) is 1.98. The summed E-state index contributed by atoms with van der Waals surface area (Å²) in [5, 5.41) is 13.6. The van der Waals surface area contributed by atoms with Gasteiger partial charge in [0, 0.05) is 0 Å². The van der Waals surface area contributed by atoms with Crippen LogP contribution in [0.3, 0.4) is 0 Å². The molecule has 0 bridgehead atoms. The second-order valence-electron chi connectivity index (χ2n) is 4.37. The van der Waals surface area contributed by atoms with Gasteiger partial charge in [-0.2, -0.15) is 10.4 Å². The van der Waals surface area contributed by atoms with Crippen LogP contribution in [0, 0.1) is 25.2 Å². The van der Waals surface area contributed by atoms with Crippen molar-refractivity contribution >= 4 is 5.82 Å². The van der Waals surface area contributed by atoms with Crippen molar-refractivity contribution < 1.29 is 0 Å². The van der Waals surface area contributed by atoms with E-state index in [4.69, 9.17) is 11.0 Å². The third-order valence-electron chi connectivity index (χ3n) is 3.03. The van der Waals surface area contributed by atoms with Crippen LogP contribution in [0.15, 0.2) is 18.2 Å². The van der Waals surface area contributed by atoms with Gasteiger partial charge >= 0.3 is 0 Å². The zero-order valence-corrected chi connectivity index (χ0v) is 10.9. The molecule has 0 saturated heterocycles. The lowest BCUT2D eigenvalue weighted by Gasteiger charge is -2.08. The molecule has 2 rings (SSSR count). The molecule has 1 aromatic heterocycles. The number of nitrogen functional groups attached to an aromatic ring is 1. The molecule has 0 saturated carbocycles. The van der Waals surface area contributed by atoms with Crippen LogP contribution in [-0.2, 0) is 6.42 Å². The number of rotatable bonds is 2. The normalized spacial score (nSPS) is 10.3. The smallest absolute Gasteiger partial charge is 0.145 e. The first-order chi connectivity index (χ1) is 8.58. The van der Waals surface area contributed by atoms with Crippen LogP contribution in [0.2, 0.25) is 0 Å². The average molecular weight is 240 g/mol. The zero-order chi connectivity index (χ0) is 13.3. The first kappa shape index (κ1) is 12.2. The molecular weight excluding hydrogens is 224 g/mol. The summed E-state index contributed by atoms with van der Waals surface area (Å²) >= 11 is 0. The summed E-state index contributed by atoms with van der Waals surface area (Å²) in [7, 11) is 0. The quantitative estimate of drug-likeness (QED) is 0.877. The highest BCUT2D eigenvalue weighted by Crippen LogP contribution is 2.23. The second kappa shape index (κ2) is 4.53. The number of nitrogens with zero attached hydrogens (tertiary/aromatic N) is 3. The van der Waals surface area contributed by atoms with Crippen molar-refractivity contribution in [2.75, 3.05) is 5.73 Å². The van der Waals surface area contributed by atoms with Crippen molar-refractivity contribution in [1.82, 2.24) is 9.78 Å². The number of nitriles is 1. The van der Waals surface area contributed by atoms with Gasteiger partial charge in [-0.3, -0.25) is 0 Å². The van der Waals surface area contributed by atoms with Crippen molar-refractivity contribution in [2.24, 2.45) is 0 Å². The lowest BCUT2D eigenvalue weighted by atomic mass is 10.1. The number of anilines is 1. The van der Waals surface area contributed by atoms with Gasteiger partial charge in [-0.15, -0.1) is 0 Å². The fraction of sp³-hybridized carbons (Fsp3) is 0.286. The topological polar surface area (TPSA) is 67.6 Å². The standard InChI is InChI=1S/C14H16N4/c1-4-12-11(8-15)14(16)18(17-12)13-7-9(2)5-6-10(13)3/h5-7H,4,16H2,1-3H3. The molecule has 0 aliphatic rings. The third kappa shape index (κ3) is 1.84. The van der Waals surface area contributed by atoms with Gasteiger partial charge in [-0.1, -0.05) is 19.1 Å². The van der Waals surface area contributed by atoms with Gasteiger partial charge in [-0.25, -0.2) is 4.68 Å². The minimum atomic E-state index is 0.419. The molecule has 4 nitrogen and oxygen atoms in total. The van der Waals surface area contributed by atoms with E-state index in [0.717, 1.165) is 22.5 Å². The SMILES string of the molecule is CCc1nn(-c2cc(C)ccc2C)c(N)c1C#N. The van der Waals surface area contributed by atoms with E-state index in [1.54, 1.807) is 4.68 Å². The molecule has 18 heavy (non-hydrogen) atoms. The van der Waals surface area contributed by atoms with Gasteiger partial charge in [0.2, 0.25) is 0 Å². The summed E-state index contributed by atoms with van der Waals surface area (Å²) < 4.78 is 1.67. The molecule has 0 aliphatic carbocycles. The van der Waals surface area contributed by atoms with E-state index in [1.165, 1.54) is 0 Å². The highest BCUT2D eigenvalue weighted by molar-refractivity contribution is 5.58. The van der Waals surface area contributed by atoms with Gasteiger partial charge in [0.15, 0.2) is 0 Å². The molecule has 1 heterocycles. The predicted molar refractivity (Wildman–Crippen MR) is 71.5 cm³/mol. The highest BCUT2D eigenvalue weighted by atomic mass is 15.3. The van der Waals surface area contributed by atoms with Crippen LogP contribution in [0.1, 0.15) is 29.3 Å². The summed E-state index contributed by atoms with van der Waals surface area (Å²) in [6.07, 6.45) is 0.699. The maximum atomic E-state index is 9.13. The maximum Gasteiger partial charge on any atom is 0.145 e. The molecular formula is C14H16N4. The van der Waals surface area contributed by atoms with Gasteiger partial charge in [0.1, 0.15) is 17.5 Å². The van der Waals surface area contributed by atoms with Gasteiger partial charge in [0.05, 0.1) is 11.4 Å². The molecule has 0 amide bonds. The Kier molecular flexibility index (Phi) is 3.07. The number of aromatic nitrogens is 2. The minimum Gasteiger partial charge on any atom is -0.382 e. The van der Waals surface area contributed by atoms with E-state index in [0.29, 0.717) is 17.8 Å². The van der Waals surface area contributed by atoms with Gasteiger partial charge in [-0.05, 0) is 37.5 Å². The van der Waals surface area contributed by atoms with E-state index in [1.807, 2.05) is 39.0 Å². The summed E-state index contributed by atoms with van der Waals surface area (Å²) in [6.45, 7) is 6.00. The number of benzene rings is 1. The summed E-state index contributed by atoms with van der Waals surface area (Å²) in [5.74, 6) is 0.419. The average Bonchev–Trinajstić information content (AvgIpc) is 2.68. The third-order valence-corrected chi connectivity index (χ3v) is 3.03. The summed E-state index contributed by atoms with van der Waals surface area (Å²) in [6, 6.07) is 8.24. The Balaban J connectivity index is 2.69. The van der Waals surface area contributed by atoms with E-state index in [9.17, 15) is 0 Å². The molecule has 0 fully saturated rings. The predicted octanol–water partition coefficient (Wildman–Crippen LogP) is 2.51. The van der Waals surface area contributed by atoms with E-state index < -0.39 is 0 Å². The van der Waals surface area contributed by atoms with Gasteiger partial charge in [0.25, 0.3) is 0 Å². The molecule has 92 valence electrons. The Morgan fingerprint density at radius 3 is 2.67 bits per heavy atom. The monoisotopic (exact) mass is 240 g/mol. The fourth-order valence-electron chi connectivity index (χ4n) is 1.98. The van der Waals surface area contributed by atoms with Crippen LogP contribution < -0.4 is 5.73 Å². The molecule has 2 aromatic rings. The van der Waals surface area contributed by atoms with Crippen LogP contribution in [0.4, 0.5) is 5.82 Å². The Morgan fingerprint density at radius 2 is 2.11 bits per heavy atom. The van der Waals surface area contributed by atoms with Crippen molar-refractivity contribution in [2.45, 2.75) is 27.2 Å². The van der Waals surface area contributed by atoms with Crippen molar-refractivity contribution in [3.8, 4) is 11.8 Å². The van der Waals surface area contributed by atoms with Crippen LogP contribution in [0.25, 0.3) is 5.69 Å². The second-order valence-corrected chi connectivity index (χ2v) is 4.37. The van der Waals surface area contributed by atoms with Crippen LogP contribution in [-0.4, -0.2) is 9.78 Å². The van der Waals surface area contributed by atoms with E-state index >= 15 is 0 Å². The molecule has 0 unspecified atom stereocenters. The maximum absolute atomic E-state index is 9.13. The first-order valence-corrected chi connectivity index (χ1v) is 5.93. The van der Waals surface area contributed by atoms with Crippen molar-refractivity contribution in [3.05, 3.63) is 40.6 Å². The first-order valence-electron chi connectivity index (χ1n) is 5.93. The van der Waals surface area contributed by atoms with Crippen LogP contribution >= 0.6 is 0 Å². The molecule has 2 N–H and O–H groups in total. The number of nitrogens with two attached hydrogens (primary N) is 1. The van der Waals surface area contributed by atoms with Crippen LogP contribution in [0.5, 0.6) is 0 Å². The Morgan fingerprint density at radius 1 is 1.39 bits per heavy atom. The number of aryl methyl sites for hydroxylation is 3. The largest absolute Gasteiger partial charge is 0.382 e. The zero-order valence-electron chi connectivity index (χ0n) is 10.9. The number of hydrogen-bond donors (Lipinski definition) is 1. The number of hydrogen-bond acceptors (Lipinski definition) is 3. The minimum absolute atomic E-state index is 0.419. The molecule has 4 heteroatoms. The van der Waals surface area contributed by atoms with Crippen molar-refractivity contribution in [3.63, 3.8) is 0 Å². The van der Waals surface area contributed by atoms with Gasteiger partial charge < -0.3 is 5.73 Å². The molecule has 0 aliphatic heterocycles. The molecule has 0 atom stereocenters. The Bertz CT molecular complexity index is 632. The summed E-state index contributed by atoms with van der Waals surface area (Å²) in [5.41, 5.74) is 10.4. The lowest BCUT2D eigenvalue weighted by molar-refractivity contribution is 0.842. The molecule has 1 aromatic carbocycles. The van der Waals surface area contributed by atoms with Crippen molar-refractivity contribution in [1.29, 1.82) is 5.26 Å². The molecule has 0 spiro atoms. The van der Waals surface area contributed by atoms with E-state index in [-0.39, 0.29) is 0 Å². The van der Waals surface area contributed by atoms with E-state index in [2.05, 4.69) is 11.2 Å². The Hall–Kier alpha value is -2.28. The Labute approximate surface area is 107 Å². The summed E-state index contributed by atoms with van der Waals surface area (Å²) in [4.78, 5) is 0. The molecule has 0 radical (unpaired) electrons.